The van der Waals surface area contributed by atoms with Crippen molar-refractivity contribution < 1.29 is 14.3 Å². The van der Waals surface area contributed by atoms with Crippen LogP contribution in [0.1, 0.15) is 12.5 Å². The second kappa shape index (κ2) is 8.50. The first-order valence-electron chi connectivity index (χ1n) is 6.41. The van der Waals surface area contributed by atoms with Crippen LogP contribution in [0.5, 0.6) is 5.75 Å². The first-order chi connectivity index (χ1) is 9.15. The third-order valence-electron chi connectivity index (χ3n) is 2.61. The average Bonchev–Trinajstić information content (AvgIpc) is 2.39. The van der Waals surface area contributed by atoms with Crippen LogP contribution in [0.4, 0.5) is 0 Å². The Labute approximate surface area is 114 Å². The van der Waals surface area contributed by atoms with Crippen LogP contribution in [0.3, 0.4) is 0 Å². The van der Waals surface area contributed by atoms with E-state index in [1.54, 1.807) is 6.92 Å². The lowest BCUT2D eigenvalue weighted by molar-refractivity contribution is -0.144. The molecule has 0 radical (unpaired) electrons. The van der Waals surface area contributed by atoms with Crippen LogP contribution in [0.2, 0.25) is 0 Å². The molecule has 5 heteroatoms. The Morgan fingerprint density at radius 2 is 2.00 bits per heavy atom. The molecule has 0 fully saturated rings. The van der Waals surface area contributed by atoms with Gasteiger partial charge in [0.05, 0.1) is 13.2 Å². The molecule has 1 aromatic rings. The van der Waals surface area contributed by atoms with Gasteiger partial charge in [-0.3, -0.25) is 9.69 Å². The third-order valence-corrected chi connectivity index (χ3v) is 2.61. The lowest BCUT2D eigenvalue weighted by Crippen LogP contribution is -2.30. The maximum Gasteiger partial charge on any atom is 0.320 e. The normalized spacial score (nSPS) is 10.5. The summed E-state index contributed by atoms with van der Waals surface area (Å²) >= 11 is 0. The van der Waals surface area contributed by atoms with Crippen LogP contribution in [0, 0.1) is 0 Å². The molecule has 0 amide bonds. The van der Waals surface area contributed by atoms with Crippen LogP contribution >= 0.6 is 0 Å². The zero-order valence-electron chi connectivity index (χ0n) is 11.6. The van der Waals surface area contributed by atoms with Gasteiger partial charge in [0.2, 0.25) is 0 Å². The van der Waals surface area contributed by atoms with Gasteiger partial charge in [0.1, 0.15) is 12.4 Å². The summed E-state index contributed by atoms with van der Waals surface area (Å²) in [5.41, 5.74) is 6.60. The molecule has 0 aliphatic carbocycles. The van der Waals surface area contributed by atoms with Crippen molar-refractivity contribution in [2.24, 2.45) is 5.73 Å². The van der Waals surface area contributed by atoms with Crippen molar-refractivity contribution in [3.8, 4) is 5.75 Å². The summed E-state index contributed by atoms with van der Waals surface area (Å²) < 4.78 is 10.5. The van der Waals surface area contributed by atoms with Gasteiger partial charge in [-0.15, -0.1) is 0 Å². The minimum Gasteiger partial charge on any atom is -0.492 e. The molecule has 0 aliphatic heterocycles. The minimum atomic E-state index is -0.211. The lowest BCUT2D eigenvalue weighted by Gasteiger charge is -2.15. The van der Waals surface area contributed by atoms with Gasteiger partial charge in [0, 0.05) is 13.1 Å². The van der Waals surface area contributed by atoms with Gasteiger partial charge in [-0.1, -0.05) is 12.1 Å². The highest BCUT2D eigenvalue weighted by atomic mass is 16.5. The maximum atomic E-state index is 11.2. The Hall–Kier alpha value is -1.59. The van der Waals surface area contributed by atoms with Crippen LogP contribution in [0.15, 0.2) is 24.3 Å². The number of nitrogens with zero attached hydrogens (tertiary/aromatic N) is 1. The van der Waals surface area contributed by atoms with Crippen LogP contribution in [0.25, 0.3) is 0 Å². The highest BCUT2D eigenvalue weighted by Crippen LogP contribution is 2.11. The summed E-state index contributed by atoms with van der Waals surface area (Å²) in [6, 6.07) is 7.68. The molecular weight excluding hydrogens is 244 g/mol. The molecule has 0 saturated carbocycles. The summed E-state index contributed by atoms with van der Waals surface area (Å²) in [4.78, 5) is 13.1. The number of hydrogen-bond acceptors (Lipinski definition) is 5. The predicted octanol–water partition coefficient (Wildman–Crippen LogP) is 1.02. The largest absolute Gasteiger partial charge is 0.492 e. The Bertz CT molecular complexity index is 379. The molecule has 19 heavy (non-hydrogen) atoms. The average molecular weight is 266 g/mol. The number of rotatable bonds is 8. The zero-order chi connectivity index (χ0) is 14.1. The molecule has 0 unspecified atom stereocenters. The van der Waals surface area contributed by atoms with Crippen molar-refractivity contribution in [2.45, 2.75) is 13.5 Å². The molecule has 0 atom stereocenters. The van der Waals surface area contributed by atoms with E-state index in [0.717, 1.165) is 11.3 Å². The molecule has 2 N–H and O–H groups in total. The van der Waals surface area contributed by atoms with E-state index in [2.05, 4.69) is 0 Å². The van der Waals surface area contributed by atoms with Gasteiger partial charge in [-0.2, -0.15) is 0 Å². The van der Waals surface area contributed by atoms with Crippen molar-refractivity contribution in [3.05, 3.63) is 29.8 Å². The summed E-state index contributed by atoms with van der Waals surface area (Å²) in [7, 11) is 1.86. The fraction of sp³-hybridized carbons (Fsp3) is 0.500. The predicted molar refractivity (Wildman–Crippen MR) is 74.0 cm³/mol. The third kappa shape index (κ3) is 6.22. The smallest absolute Gasteiger partial charge is 0.320 e. The Kier molecular flexibility index (Phi) is 6.92. The minimum absolute atomic E-state index is 0.211. The number of esters is 1. The Morgan fingerprint density at radius 3 is 2.58 bits per heavy atom. The van der Waals surface area contributed by atoms with E-state index in [-0.39, 0.29) is 12.5 Å². The van der Waals surface area contributed by atoms with Crippen molar-refractivity contribution in [2.75, 3.05) is 33.4 Å². The van der Waals surface area contributed by atoms with Gasteiger partial charge >= 0.3 is 5.97 Å². The van der Waals surface area contributed by atoms with Gasteiger partial charge < -0.3 is 15.2 Å². The first-order valence-corrected chi connectivity index (χ1v) is 6.41. The van der Waals surface area contributed by atoms with E-state index >= 15 is 0 Å². The molecule has 1 rings (SSSR count). The molecule has 5 nitrogen and oxygen atoms in total. The van der Waals surface area contributed by atoms with Gasteiger partial charge in [-0.05, 0) is 31.7 Å². The standard InChI is InChI=1S/C14H22N2O3/c1-3-18-14(17)11-16(2)8-9-19-13-6-4-12(10-15)5-7-13/h4-7H,3,8-11,15H2,1-2H3. The van der Waals surface area contributed by atoms with Crippen LogP contribution in [-0.2, 0) is 16.1 Å². The maximum absolute atomic E-state index is 11.2. The summed E-state index contributed by atoms with van der Waals surface area (Å²) in [5.74, 6) is 0.596. The van der Waals surface area contributed by atoms with E-state index in [0.29, 0.717) is 26.3 Å². The molecule has 0 aliphatic rings. The van der Waals surface area contributed by atoms with Gasteiger partial charge in [0.25, 0.3) is 0 Å². The number of nitrogens with two attached hydrogens (primary N) is 1. The molecule has 106 valence electrons. The second-order valence-electron chi connectivity index (χ2n) is 4.24. The fourth-order valence-electron chi connectivity index (χ4n) is 1.55. The highest BCUT2D eigenvalue weighted by molar-refractivity contribution is 5.71. The van der Waals surface area contributed by atoms with E-state index in [4.69, 9.17) is 15.2 Å². The molecule has 0 saturated heterocycles. The van der Waals surface area contributed by atoms with Crippen molar-refractivity contribution in [1.82, 2.24) is 4.90 Å². The fourth-order valence-corrected chi connectivity index (χ4v) is 1.55. The quantitative estimate of drug-likeness (QED) is 0.712. The molecule has 0 aromatic heterocycles. The Balaban J connectivity index is 2.23. The number of carbonyl (C=O) groups is 1. The summed E-state index contributed by atoms with van der Waals surface area (Å²) in [6.07, 6.45) is 0. The molecule has 0 spiro atoms. The topological polar surface area (TPSA) is 64.8 Å². The Morgan fingerprint density at radius 1 is 1.32 bits per heavy atom. The molecular formula is C14H22N2O3. The van der Waals surface area contributed by atoms with Crippen molar-refractivity contribution in [1.29, 1.82) is 0 Å². The number of ether oxygens (including phenoxy) is 2. The van der Waals surface area contributed by atoms with E-state index in [1.807, 2.05) is 36.2 Å². The van der Waals surface area contributed by atoms with Crippen LogP contribution in [-0.4, -0.2) is 44.2 Å². The zero-order valence-corrected chi connectivity index (χ0v) is 11.6. The number of carbonyl (C=O) groups excluding carboxylic acids is 1. The molecule has 0 bridgehead atoms. The monoisotopic (exact) mass is 266 g/mol. The first kappa shape index (κ1) is 15.5. The van der Waals surface area contributed by atoms with Crippen molar-refractivity contribution in [3.63, 3.8) is 0 Å². The molecule has 0 heterocycles. The van der Waals surface area contributed by atoms with E-state index < -0.39 is 0 Å². The van der Waals surface area contributed by atoms with Crippen LogP contribution < -0.4 is 10.5 Å². The molecule has 1 aromatic carbocycles. The summed E-state index contributed by atoms with van der Waals surface area (Å²) in [5, 5.41) is 0. The number of benzene rings is 1. The van der Waals surface area contributed by atoms with Gasteiger partial charge in [0.15, 0.2) is 0 Å². The van der Waals surface area contributed by atoms with E-state index in [1.165, 1.54) is 0 Å². The highest BCUT2D eigenvalue weighted by Gasteiger charge is 2.06. The van der Waals surface area contributed by atoms with Crippen molar-refractivity contribution >= 4 is 5.97 Å². The number of likely N-dealkylation sites (N-methyl/N-ethyl adjacent to an activating group) is 1. The SMILES string of the molecule is CCOC(=O)CN(C)CCOc1ccc(CN)cc1. The second-order valence-corrected chi connectivity index (χ2v) is 4.24. The van der Waals surface area contributed by atoms with E-state index in [9.17, 15) is 4.79 Å². The van der Waals surface area contributed by atoms with Gasteiger partial charge in [-0.25, -0.2) is 0 Å². The lowest BCUT2D eigenvalue weighted by atomic mass is 10.2. The number of hydrogen-bond donors (Lipinski definition) is 1. The summed E-state index contributed by atoms with van der Waals surface area (Å²) in [6.45, 7) is 4.21.